The van der Waals surface area contributed by atoms with Gasteiger partial charge in [0, 0.05) is 13.0 Å². The molecule has 20 heavy (non-hydrogen) atoms. The van der Waals surface area contributed by atoms with E-state index in [9.17, 15) is 14.7 Å². The first kappa shape index (κ1) is 14.0. The largest absolute Gasteiger partial charge is 0.478 e. The highest BCUT2D eigenvalue weighted by atomic mass is 16.5. The zero-order chi connectivity index (χ0) is 14.5. The summed E-state index contributed by atoms with van der Waals surface area (Å²) in [5, 5.41) is 19.2. The Bertz CT molecular complexity index is 648. The molecule has 2 rings (SSSR count). The monoisotopic (exact) mass is 274 g/mol. The highest BCUT2D eigenvalue weighted by Crippen LogP contribution is 2.23. The summed E-state index contributed by atoms with van der Waals surface area (Å²) in [6, 6.07) is 10.1. The van der Waals surface area contributed by atoms with Crippen molar-refractivity contribution in [3.05, 3.63) is 47.5 Å². The van der Waals surface area contributed by atoms with Gasteiger partial charge in [0.1, 0.15) is 0 Å². The van der Waals surface area contributed by atoms with Gasteiger partial charge in [-0.3, -0.25) is 0 Å². The van der Waals surface area contributed by atoms with E-state index in [1.54, 1.807) is 24.3 Å². The van der Waals surface area contributed by atoms with Gasteiger partial charge >= 0.3 is 11.9 Å². The molecule has 5 nitrogen and oxygen atoms in total. The molecule has 0 fully saturated rings. The molecule has 0 saturated carbocycles. The van der Waals surface area contributed by atoms with E-state index in [-0.39, 0.29) is 24.3 Å². The number of ether oxygens (including phenoxy) is 1. The number of carbonyl (C=O) groups is 2. The Hall–Kier alpha value is -2.40. The standard InChI is InChI=1S/C15H14O5/c16-8-3-9-20-15(19)13-11-5-2-1-4-10(11)6-7-12(13)14(17)18/h1-2,4-7,16H,3,8-9H2,(H,17,18). The molecule has 2 aromatic carbocycles. The molecule has 0 saturated heterocycles. The van der Waals surface area contributed by atoms with Gasteiger partial charge in [0.2, 0.25) is 0 Å². The fourth-order valence-electron chi connectivity index (χ4n) is 1.97. The zero-order valence-electron chi connectivity index (χ0n) is 10.7. The van der Waals surface area contributed by atoms with Gasteiger partial charge < -0.3 is 14.9 Å². The quantitative estimate of drug-likeness (QED) is 0.644. The van der Waals surface area contributed by atoms with Crippen LogP contribution < -0.4 is 0 Å². The Balaban J connectivity index is 2.49. The van der Waals surface area contributed by atoms with Gasteiger partial charge in [-0.15, -0.1) is 0 Å². The Morgan fingerprint density at radius 1 is 1.10 bits per heavy atom. The minimum atomic E-state index is -1.18. The van der Waals surface area contributed by atoms with Crippen molar-refractivity contribution in [2.24, 2.45) is 0 Å². The van der Waals surface area contributed by atoms with E-state index in [2.05, 4.69) is 0 Å². The van der Waals surface area contributed by atoms with E-state index in [1.165, 1.54) is 6.07 Å². The predicted octanol–water partition coefficient (Wildman–Crippen LogP) is 2.08. The van der Waals surface area contributed by atoms with Gasteiger partial charge in [0.05, 0.1) is 17.7 Å². The molecule has 0 aliphatic carbocycles. The minimum absolute atomic E-state index is 0.0496. The average molecular weight is 274 g/mol. The van der Waals surface area contributed by atoms with Gasteiger partial charge in [0.25, 0.3) is 0 Å². The maximum atomic E-state index is 12.1. The first-order valence-electron chi connectivity index (χ1n) is 6.18. The second kappa shape index (κ2) is 6.16. The lowest BCUT2D eigenvalue weighted by Crippen LogP contribution is -2.13. The summed E-state index contributed by atoms with van der Waals surface area (Å²) in [6.07, 6.45) is 0.318. The van der Waals surface area contributed by atoms with Crippen molar-refractivity contribution in [3.63, 3.8) is 0 Å². The number of carboxylic acid groups (broad SMARTS) is 1. The van der Waals surface area contributed by atoms with Crippen LogP contribution in [-0.2, 0) is 4.74 Å². The third-order valence-electron chi connectivity index (χ3n) is 2.90. The van der Waals surface area contributed by atoms with Gasteiger partial charge in [-0.05, 0) is 16.8 Å². The predicted molar refractivity (Wildman–Crippen MR) is 72.9 cm³/mol. The number of rotatable bonds is 5. The summed E-state index contributed by atoms with van der Waals surface area (Å²) in [4.78, 5) is 23.3. The summed E-state index contributed by atoms with van der Waals surface area (Å²) >= 11 is 0. The maximum absolute atomic E-state index is 12.1. The summed E-state index contributed by atoms with van der Waals surface area (Å²) in [6.45, 7) is -0.0355. The Labute approximate surface area is 115 Å². The number of carboxylic acids is 1. The third-order valence-corrected chi connectivity index (χ3v) is 2.90. The molecule has 5 heteroatoms. The first-order valence-corrected chi connectivity index (χ1v) is 6.18. The molecule has 0 atom stereocenters. The van der Waals surface area contributed by atoms with E-state index in [0.29, 0.717) is 11.8 Å². The van der Waals surface area contributed by atoms with Crippen LogP contribution in [0.3, 0.4) is 0 Å². The van der Waals surface area contributed by atoms with Crippen LogP contribution in [0.15, 0.2) is 36.4 Å². The van der Waals surface area contributed by atoms with Gasteiger partial charge in [-0.1, -0.05) is 30.3 Å². The van der Waals surface area contributed by atoms with E-state index in [1.807, 2.05) is 6.07 Å². The van der Waals surface area contributed by atoms with Crippen molar-refractivity contribution in [1.82, 2.24) is 0 Å². The second-order valence-electron chi connectivity index (χ2n) is 4.23. The molecule has 0 radical (unpaired) electrons. The molecule has 0 unspecified atom stereocenters. The Kier molecular flexibility index (Phi) is 4.32. The van der Waals surface area contributed by atoms with Crippen molar-refractivity contribution in [2.75, 3.05) is 13.2 Å². The number of fused-ring (bicyclic) bond motifs is 1. The topological polar surface area (TPSA) is 83.8 Å². The van der Waals surface area contributed by atoms with Crippen molar-refractivity contribution in [2.45, 2.75) is 6.42 Å². The summed E-state index contributed by atoms with van der Waals surface area (Å²) in [5.74, 6) is -1.86. The van der Waals surface area contributed by atoms with Crippen LogP contribution in [-0.4, -0.2) is 35.4 Å². The van der Waals surface area contributed by atoms with Gasteiger partial charge in [-0.25, -0.2) is 9.59 Å². The highest BCUT2D eigenvalue weighted by molar-refractivity contribution is 6.12. The number of hydrogen-bond donors (Lipinski definition) is 2. The highest BCUT2D eigenvalue weighted by Gasteiger charge is 2.20. The minimum Gasteiger partial charge on any atom is -0.478 e. The van der Waals surface area contributed by atoms with Crippen molar-refractivity contribution >= 4 is 22.7 Å². The summed E-state index contributed by atoms with van der Waals surface area (Å²) < 4.78 is 5.01. The molecule has 0 bridgehead atoms. The summed E-state index contributed by atoms with van der Waals surface area (Å²) in [5.41, 5.74) is -0.0359. The number of aliphatic hydroxyl groups excluding tert-OH is 1. The first-order chi connectivity index (χ1) is 9.65. The van der Waals surface area contributed by atoms with Crippen LogP contribution in [0.2, 0.25) is 0 Å². The number of aliphatic hydroxyl groups is 1. The van der Waals surface area contributed by atoms with Crippen LogP contribution in [0.1, 0.15) is 27.1 Å². The van der Waals surface area contributed by atoms with Crippen LogP contribution in [0.25, 0.3) is 10.8 Å². The van der Waals surface area contributed by atoms with E-state index >= 15 is 0 Å². The molecule has 2 aromatic rings. The van der Waals surface area contributed by atoms with Gasteiger partial charge in [0.15, 0.2) is 0 Å². The molecule has 0 spiro atoms. The molecule has 0 heterocycles. The molecular weight excluding hydrogens is 260 g/mol. The number of hydrogen-bond acceptors (Lipinski definition) is 4. The number of benzene rings is 2. The van der Waals surface area contributed by atoms with Crippen LogP contribution >= 0.6 is 0 Å². The lowest BCUT2D eigenvalue weighted by atomic mass is 9.99. The average Bonchev–Trinajstić information content (AvgIpc) is 2.46. The molecule has 0 aromatic heterocycles. The smallest absolute Gasteiger partial charge is 0.339 e. The number of carbonyl (C=O) groups excluding carboxylic acids is 1. The Morgan fingerprint density at radius 3 is 2.55 bits per heavy atom. The molecule has 0 amide bonds. The molecule has 0 aliphatic rings. The Morgan fingerprint density at radius 2 is 1.85 bits per heavy atom. The normalized spacial score (nSPS) is 10.4. The number of esters is 1. The SMILES string of the molecule is O=C(O)c1ccc2ccccc2c1C(=O)OCCCO. The second-order valence-corrected chi connectivity index (χ2v) is 4.23. The molecule has 104 valence electrons. The van der Waals surface area contributed by atoms with Crippen molar-refractivity contribution in [1.29, 1.82) is 0 Å². The van der Waals surface area contributed by atoms with E-state index in [0.717, 1.165) is 5.39 Å². The fourth-order valence-corrected chi connectivity index (χ4v) is 1.97. The van der Waals surface area contributed by atoms with Gasteiger partial charge in [-0.2, -0.15) is 0 Å². The summed E-state index contributed by atoms with van der Waals surface area (Å²) in [7, 11) is 0. The molecular formula is C15H14O5. The lowest BCUT2D eigenvalue weighted by molar-refractivity contribution is 0.0475. The third kappa shape index (κ3) is 2.78. The van der Waals surface area contributed by atoms with E-state index < -0.39 is 11.9 Å². The van der Waals surface area contributed by atoms with Crippen molar-refractivity contribution in [3.8, 4) is 0 Å². The van der Waals surface area contributed by atoms with Crippen LogP contribution in [0.5, 0.6) is 0 Å². The molecule has 0 aliphatic heterocycles. The number of aromatic carboxylic acids is 1. The fraction of sp³-hybridized carbons (Fsp3) is 0.200. The van der Waals surface area contributed by atoms with Crippen molar-refractivity contribution < 1.29 is 24.5 Å². The lowest BCUT2D eigenvalue weighted by Gasteiger charge is -2.10. The van der Waals surface area contributed by atoms with Crippen LogP contribution in [0, 0.1) is 0 Å². The zero-order valence-corrected chi connectivity index (χ0v) is 10.7. The van der Waals surface area contributed by atoms with E-state index in [4.69, 9.17) is 9.84 Å². The van der Waals surface area contributed by atoms with Crippen LogP contribution in [0.4, 0.5) is 0 Å². The maximum Gasteiger partial charge on any atom is 0.339 e. The molecule has 2 N–H and O–H groups in total.